The van der Waals surface area contributed by atoms with Crippen LogP contribution in [0.3, 0.4) is 0 Å². The van der Waals surface area contributed by atoms with Gasteiger partial charge < -0.3 is 19.7 Å². The molecule has 2 aromatic carbocycles. The Bertz CT molecular complexity index is 741. The van der Waals surface area contributed by atoms with Crippen molar-refractivity contribution in [3.63, 3.8) is 0 Å². The van der Waals surface area contributed by atoms with Crippen LogP contribution in [0.2, 0.25) is 0 Å². The van der Waals surface area contributed by atoms with Crippen molar-refractivity contribution in [2.75, 3.05) is 0 Å². The molecule has 0 spiro atoms. The van der Waals surface area contributed by atoms with E-state index >= 15 is 0 Å². The summed E-state index contributed by atoms with van der Waals surface area (Å²) in [6, 6.07) is 6.72. The van der Waals surface area contributed by atoms with Crippen LogP contribution in [-0.4, -0.2) is 33.8 Å². The van der Waals surface area contributed by atoms with Gasteiger partial charge in [-0.25, -0.2) is 0 Å². The van der Waals surface area contributed by atoms with Crippen LogP contribution < -0.4 is 9.47 Å². The predicted octanol–water partition coefficient (Wildman–Crippen LogP) is 4.17. The van der Waals surface area contributed by atoms with E-state index in [1.807, 2.05) is 0 Å². The van der Waals surface area contributed by atoms with Gasteiger partial charge in [0.25, 0.3) is 0 Å². The largest absolute Gasteiger partial charge is 0.508 e. The molecule has 1 aliphatic rings. The second-order valence-electron chi connectivity index (χ2n) is 5.53. The van der Waals surface area contributed by atoms with Gasteiger partial charge in [0, 0.05) is 0 Å². The van der Waals surface area contributed by atoms with E-state index in [0.717, 1.165) is 48.5 Å². The maximum absolute atomic E-state index is 14.7. The molecule has 0 heterocycles. The lowest BCUT2D eigenvalue weighted by atomic mass is 9.76. The minimum Gasteiger partial charge on any atom is -0.508 e. The quantitative estimate of drug-likeness (QED) is 0.782. The van der Waals surface area contributed by atoms with E-state index in [9.17, 15) is 26.3 Å². The summed E-state index contributed by atoms with van der Waals surface area (Å²) in [6.45, 7) is 0. The first-order chi connectivity index (χ1) is 11.9. The molecule has 1 fully saturated rings. The van der Waals surface area contributed by atoms with Crippen LogP contribution in [0.15, 0.2) is 48.5 Å². The van der Waals surface area contributed by atoms with E-state index in [4.69, 9.17) is 10.2 Å². The molecule has 3 rings (SSSR count). The Kier molecular flexibility index (Phi) is 3.71. The maximum atomic E-state index is 14.7. The molecular weight excluding hydrogens is 370 g/mol. The molecule has 0 unspecified atom stereocenters. The molecule has 4 nitrogen and oxygen atoms in total. The number of phenols is 2. The zero-order valence-electron chi connectivity index (χ0n) is 12.6. The Hall–Kier alpha value is -2.78. The van der Waals surface area contributed by atoms with E-state index in [-0.39, 0.29) is 11.5 Å². The Morgan fingerprint density at radius 1 is 0.538 bits per heavy atom. The Morgan fingerprint density at radius 3 is 1.08 bits per heavy atom. The fourth-order valence-corrected chi connectivity index (χ4v) is 2.36. The molecule has 140 valence electrons. The van der Waals surface area contributed by atoms with Crippen molar-refractivity contribution in [2.24, 2.45) is 0 Å². The fourth-order valence-electron chi connectivity index (χ4n) is 2.36. The van der Waals surface area contributed by atoms with E-state index < -0.39 is 35.1 Å². The summed E-state index contributed by atoms with van der Waals surface area (Å²) in [5.74, 6) is -23.0. The topological polar surface area (TPSA) is 58.9 Å². The van der Waals surface area contributed by atoms with Crippen LogP contribution in [0.4, 0.5) is 26.3 Å². The number of rotatable bonds is 4. The van der Waals surface area contributed by atoms with Crippen LogP contribution in [0.25, 0.3) is 0 Å². The van der Waals surface area contributed by atoms with Crippen molar-refractivity contribution in [3.8, 4) is 23.0 Å². The minimum absolute atomic E-state index is 0.345. The predicted molar refractivity (Wildman–Crippen MR) is 75.0 cm³/mol. The molecule has 0 aliphatic heterocycles. The number of phenolic OH excluding ortho intramolecular Hbond substituents is 2. The van der Waals surface area contributed by atoms with Gasteiger partial charge in [0.15, 0.2) is 0 Å². The lowest BCUT2D eigenvalue weighted by Gasteiger charge is -2.55. The molecule has 2 atom stereocenters. The van der Waals surface area contributed by atoms with Gasteiger partial charge in [0.1, 0.15) is 23.0 Å². The van der Waals surface area contributed by atoms with Crippen molar-refractivity contribution in [2.45, 2.75) is 23.6 Å². The van der Waals surface area contributed by atoms with Crippen LogP contribution >= 0.6 is 0 Å². The number of alkyl halides is 6. The number of ether oxygens (including phenoxy) is 2. The van der Waals surface area contributed by atoms with Gasteiger partial charge in [-0.15, -0.1) is 0 Å². The zero-order valence-corrected chi connectivity index (χ0v) is 12.6. The number of benzene rings is 2. The third-order valence-corrected chi connectivity index (χ3v) is 3.81. The van der Waals surface area contributed by atoms with Crippen LogP contribution in [0.1, 0.15) is 0 Å². The third kappa shape index (κ3) is 2.17. The van der Waals surface area contributed by atoms with Gasteiger partial charge >= 0.3 is 23.6 Å². The smallest absolute Gasteiger partial charge is 0.395 e. The van der Waals surface area contributed by atoms with Crippen molar-refractivity contribution < 1.29 is 46.0 Å². The average Bonchev–Trinajstić information content (AvgIpc) is 2.58. The molecule has 2 aromatic rings. The first-order valence-electron chi connectivity index (χ1n) is 7.04. The Morgan fingerprint density at radius 2 is 0.808 bits per heavy atom. The normalized spacial score (nSPS) is 28.8. The molecular formula is C16H10F6O4. The third-order valence-electron chi connectivity index (χ3n) is 3.81. The van der Waals surface area contributed by atoms with Crippen molar-refractivity contribution in [3.05, 3.63) is 48.5 Å². The van der Waals surface area contributed by atoms with Crippen LogP contribution in [0.5, 0.6) is 23.0 Å². The van der Waals surface area contributed by atoms with E-state index in [1.54, 1.807) is 0 Å². The number of halogens is 6. The van der Waals surface area contributed by atoms with Crippen molar-refractivity contribution in [1.82, 2.24) is 0 Å². The zero-order chi connectivity index (χ0) is 19.4. The molecule has 0 radical (unpaired) electrons. The van der Waals surface area contributed by atoms with Gasteiger partial charge in [0.05, 0.1) is 0 Å². The summed E-state index contributed by atoms with van der Waals surface area (Å²) in [7, 11) is 0. The van der Waals surface area contributed by atoms with Gasteiger partial charge in [-0.3, -0.25) is 0 Å². The fraction of sp³-hybridized carbons (Fsp3) is 0.250. The molecule has 0 aromatic heterocycles. The number of hydrogen-bond donors (Lipinski definition) is 2. The van der Waals surface area contributed by atoms with Crippen molar-refractivity contribution in [1.29, 1.82) is 0 Å². The minimum atomic E-state index is -5.55. The second-order valence-corrected chi connectivity index (χ2v) is 5.53. The molecule has 1 aliphatic carbocycles. The van der Waals surface area contributed by atoms with Gasteiger partial charge in [0.2, 0.25) is 0 Å². The van der Waals surface area contributed by atoms with E-state index in [2.05, 4.69) is 9.47 Å². The summed E-state index contributed by atoms with van der Waals surface area (Å²) in [5, 5.41) is 18.2. The van der Waals surface area contributed by atoms with Crippen molar-refractivity contribution >= 4 is 0 Å². The molecule has 26 heavy (non-hydrogen) atoms. The summed E-state index contributed by atoms with van der Waals surface area (Å²) in [5.41, 5.74) is 0. The highest BCUT2D eigenvalue weighted by molar-refractivity contribution is 5.36. The Labute approximate surface area is 142 Å². The molecule has 0 saturated heterocycles. The number of hydrogen-bond acceptors (Lipinski definition) is 4. The Balaban J connectivity index is 1.99. The molecule has 1 saturated carbocycles. The summed E-state index contributed by atoms with van der Waals surface area (Å²) in [4.78, 5) is 0. The first-order valence-corrected chi connectivity index (χ1v) is 7.04. The maximum Gasteiger partial charge on any atom is 0.395 e. The van der Waals surface area contributed by atoms with Crippen LogP contribution in [-0.2, 0) is 0 Å². The van der Waals surface area contributed by atoms with Gasteiger partial charge in [-0.05, 0) is 48.5 Å². The van der Waals surface area contributed by atoms with E-state index in [0.29, 0.717) is 0 Å². The first kappa shape index (κ1) is 18.0. The van der Waals surface area contributed by atoms with Crippen LogP contribution in [0, 0.1) is 0 Å². The molecule has 10 heteroatoms. The highest BCUT2D eigenvalue weighted by Gasteiger charge is 3.03. The van der Waals surface area contributed by atoms with E-state index in [1.165, 1.54) is 0 Å². The summed E-state index contributed by atoms with van der Waals surface area (Å²) < 4.78 is 92.8. The lowest BCUT2D eigenvalue weighted by molar-refractivity contribution is -0.527. The average molecular weight is 380 g/mol. The lowest BCUT2D eigenvalue weighted by Crippen LogP contribution is -2.89. The second kappa shape index (κ2) is 5.36. The molecule has 2 N–H and O–H groups in total. The number of aromatic hydroxyl groups is 2. The van der Waals surface area contributed by atoms with Gasteiger partial charge in [-0.1, -0.05) is 0 Å². The molecule has 0 amide bonds. The highest BCUT2D eigenvalue weighted by Crippen LogP contribution is 2.68. The summed E-state index contributed by atoms with van der Waals surface area (Å²) >= 11 is 0. The SMILES string of the molecule is Oc1ccc(O[C@]2(F)C(F)(F)C(F)(F)[C@@]2(F)Oc2ccc(O)cc2)cc1. The standard InChI is InChI=1S/C16H10F6O4/c17-13(18)14(19,20)16(22,26-12-7-3-10(24)4-8-12)15(13,21)25-11-5-1-9(23)2-6-11/h1-8,23-24H/t15-,16-/m1/s1. The highest BCUT2D eigenvalue weighted by atomic mass is 19.3. The monoisotopic (exact) mass is 380 g/mol. The summed E-state index contributed by atoms with van der Waals surface area (Å²) in [6.07, 6.45) is 0. The molecule has 0 bridgehead atoms. The van der Waals surface area contributed by atoms with Gasteiger partial charge in [-0.2, -0.15) is 26.3 Å².